The second-order valence-corrected chi connectivity index (χ2v) is 6.27. The molecule has 1 N–H and O–H groups in total. The number of nitrogens with zero attached hydrogens (tertiary/aromatic N) is 4. The van der Waals surface area contributed by atoms with Crippen molar-refractivity contribution in [2.75, 3.05) is 18.5 Å². The fourth-order valence-electron chi connectivity index (χ4n) is 2.15. The van der Waals surface area contributed by atoms with Crippen molar-refractivity contribution in [1.82, 2.24) is 19.9 Å². The summed E-state index contributed by atoms with van der Waals surface area (Å²) in [6, 6.07) is 0. The molecule has 5 nitrogen and oxygen atoms in total. The Bertz CT molecular complexity index is 560. The van der Waals surface area contributed by atoms with Crippen molar-refractivity contribution in [2.24, 2.45) is 7.05 Å². The molecule has 0 unspecified atom stereocenters. The Labute approximate surface area is 131 Å². The summed E-state index contributed by atoms with van der Waals surface area (Å²) in [5, 5.41) is 4.54. The molecule has 116 valence electrons. The number of imidazole rings is 1. The van der Waals surface area contributed by atoms with Crippen molar-refractivity contribution in [2.45, 2.75) is 39.8 Å². The highest BCUT2D eigenvalue weighted by molar-refractivity contribution is 7.15. The quantitative estimate of drug-likeness (QED) is 0.761. The van der Waals surface area contributed by atoms with Crippen LogP contribution in [-0.4, -0.2) is 28.1 Å². The molecule has 0 spiro atoms. The zero-order valence-corrected chi connectivity index (χ0v) is 14.2. The number of rotatable bonds is 8. The van der Waals surface area contributed by atoms with Crippen molar-refractivity contribution in [3.63, 3.8) is 0 Å². The smallest absolute Gasteiger partial charge is 0.185 e. The lowest BCUT2D eigenvalue weighted by atomic mass is 10.3. The first-order valence-electron chi connectivity index (χ1n) is 7.52. The van der Waals surface area contributed by atoms with Crippen LogP contribution >= 0.6 is 11.3 Å². The summed E-state index contributed by atoms with van der Waals surface area (Å²) in [6.07, 6.45) is 5.95. The number of nitrogens with one attached hydrogen (secondary N) is 1. The maximum absolute atomic E-state index is 4.78. The number of hydrogen-bond donors (Lipinski definition) is 1. The van der Waals surface area contributed by atoms with Gasteiger partial charge < -0.3 is 14.8 Å². The molecule has 0 aliphatic heterocycles. The Balaban J connectivity index is 2.06. The van der Waals surface area contributed by atoms with Crippen LogP contribution in [-0.2, 0) is 26.6 Å². The molecule has 0 aliphatic rings. The van der Waals surface area contributed by atoms with Gasteiger partial charge in [-0.15, -0.1) is 11.3 Å². The lowest BCUT2D eigenvalue weighted by Gasteiger charge is -2.15. The van der Waals surface area contributed by atoms with E-state index in [1.807, 2.05) is 19.4 Å². The van der Waals surface area contributed by atoms with Crippen LogP contribution in [0.3, 0.4) is 0 Å². The highest BCUT2D eigenvalue weighted by atomic mass is 32.1. The Morgan fingerprint density at radius 3 is 2.81 bits per heavy atom. The van der Waals surface area contributed by atoms with Crippen molar-refractivity contribution in [3.05, 3.63) is 28.8 Å². The molecule has 0 saturated heterocycles. The van der Waals surface area contributed by atoms with E-state index in [1.54, 1.807) is 11.3 Å². The van der Waals surface area contributed by atoms with E-state index in [2.05, 4.69) is 40.7 Å². The standard InChI is InChI=1S/C15H25N5S/c1-5-7-16-10-13-12(6-2)18-15(21-13)20(4)11-14-17-8-9-19(14)3/h8-9,16H,5-7,10-11H2,1-4H3. The van der Waals surface area contributed by atoms with Crippen molar-refractivity contribution >= 4 is 16.5 Å². The van der Waals surface area contributed by atoms with Gasteiger partial charge in [-0.3, -0.25) is 0 Å². The van der Waals surface area contributed by atoms with Crippen molar-refractivity contribution in [1.29, 1.82) is 0 Å². The second kappa shape index (κ2) is 7.56. The first-order chi connectivity index (χ1) is 10.2. The molecule has 0 saturated carbocycles. The Hall–Kier alpha value is -1.40. The molecule has 0 fully saturated rings. The molecule has 2 aromatic rings. The minimum Gasteiger partial charge on any atom is -0.344 e. The van der Waals surface area contributed by atoms with E-state index in [0.717, 1.165) is 43.4 Å². The molecule has 0 radical (unpaired) electrons. The molecule has 6 heteroatoms. The van der Waals surface area contributed by atoms with Crippen LogP contribution in [0.2, 0.25) is 0 Å². The Morgan fingerprint density at radius 1 is 1.38 bits per heavy atom. The molecule has 2 rings (SSSR count). The SMILES string of the molecule is CCCNCc1sc(N(C)Cc2nccn2C)nc1CC. The second-order valence-electron chi connectivity index (χ2n) is 5.21. The highest BCUT2D eigenvalue weighted by Crippen LogP contribution is 2.27. The molecule has 0 amide bonds. The third kappa shape index (κ3) is 4.04. The summed E-state index contributed by atoms with van der Waals surface area (Å²) in [5.41, 5.74) is 1.21. The van der Waals surface area contributed by atoms with Gasteiger partial charge in [-0.25, -0.2) is 9.97 Å². The van der Waals surface area contributed by atoms with Gasteiger partial charge >= 0.3 is 0 Å². The van der Waals surface area contributed by atoms with E-state index >= 15 is 0 Å². The van der Waals surface area contributed by atoms with Crippen LogP contribution in [0, 0.1) is 0 Å². The summed E-state index contributed by atoms with van der Waals surface area (Å²) in [5.74, 6) is 1.05. The average molecular weight is 307 g/mol. The number of thiazole rings is 1. The maximum atomic E-state index is 4.78. The predicted molar refractivity (Wildman–Crippen MR) is 88.8 cm³/mol. The highest BCUT2D eigenvalue weighted by Gasteiger charge is 2.14. The van der Waals surface area contributed by atoms with Crippen LogP contribution in [0.1, 0.15) is 36.7 Å². The van der Waals surface area contributed by atoms with Gasteiger partial charge in [0.15, 0.2) is 5.13 Å². The summed E-state index contributed by atoms with van der Waals surface area (Å²) in [4.78, 5) is 12.7. The van der Waals surface area contributed by atoms with Gasteiger partial charge in [-0.2, -0.15) is 0 Å². The van der Waals surface area contributed by atoms with Crippen LogP contribution in [0.4, 0.5) is 5.13 Å². The van der Waals surface area contributed by atoms with Crippen molar-refractivity contribution < 1.29 is 0 Å². The zero-order valence-electron chi connectivity index (χ0n) is 13.4. The van der Waals surface area contributed by atoms with Crippen molar-refractivity contribution in [3.8, 4) is 0 Å². The summed E-state index contributed by atoms with van der Waals surface area (Å²) in [6.45, 7) is 7.11. The van der Waals surface area contributed by atoms with E-state index in [1.165, 1.54) is 10.6 Å². The fraction of sp³-hybridized carbons (Fsp3) is 0.600. The van der Waals surface area contributed by atoms with Gasteiger partial charge in [0, 0.05) is 37.9 Å². The molecule has 0 bridgehead atoms. The van der Waals surface area contributed by atoms with Gasteiger partial charge in [0.2, 0.25) is 0 Å². The monoisotopic (exact) mass is 307 g/mol. The number of aromatic nitrogens is 3. The minimum atomic E-state index is 0.780. The van der Waals surface area contributed by atoms with Gasteiger partial charge in [-0.1, -0.05) is 13.8 Å². The van der Waals surface area contributed by atoms with E-state index in [4.69, 9.17) is 4.98 Å². The van der Waals surface area contributed by atoms with Crippen LogP contribution in [0.25, 0.3) is 0 Å². The first kappa shape index (κ1) is 16.0. The minimum absolute atomic E-state index is 0.780. The van der Waals surface area contributed by atoms with Gasteiger partial charge in [0.25, 0.3) is 0 Å². The molecule has 0 aromatic carbocycles. The van der Waals surface area contributed by atoms with E-state index in [0.29, 0.717) is 0 Å². The fourth-order valence-corrected chi connectivity index (χ4v) is 3.23. The molecule has 2 heterocycles. The lowest BCUT2D eigenvalue weighted by Crippen LogP contribution is -2.18. The molecule has 0 aliphatic carbocycles. The van der Waals surface area contributed by atoms with E-state index in [9.17, 15) is 0 Å². The van der Waals surface area contributed by atoms with Crippen LogP contribution in [0.15, 0.2) is 12.4 Å². The zero-order chi connectivity index (χ0) is 15.2. The summed E-state index contributed by atoms with van der Waals surface area (Å²) >= 11 is 1.79. The van der Waals surface area contributed by atoms with Gasteiger partial charge in [0.1, 0.15) is 5.82 Å². The molecular formula is C15H25N5S. The summed E-state index contributed by atoms with van der Waals surface area (Å²) in [7, 11) is 4.10. The Morgan fingerprint density at radius 2 is 2.19 bits per heavy atom. The predicted octanol–water partition coefficient (Wildman–Crippen LogP) is 2.58. The molecular weight excluding hydrogens is 282 g/mol. The van der Waals surface area contributed by atoms with Gasteiger partial charge in [-0.05, 0) is 19.4 Å². The lowest BCUT2D eigenvalue weighted by molar-refractivity contribution is 0.676. The summed E-state index contributed by atoms with van der Waals surface area (Å²) < 4.78 is 2.05. The number of anilines is 1. The topological polar surface area (TPSA) is 46.0 Å². The Kier molecular flexibility index (Phi) is 5.76. The third-order valence-corrected chi connectivity index (χ3v) is 4.65. The molecule has 21 heavy (non-hydrogen) atoms. The molecule has 2 aromatic heterocycles. The average Bonchev–Trinajstić information content (AvgIpc) is 3.06. The van der Waals surface area contributed by atoms with Crippen LogP contribution < -0.4 is 10.2 Å². The molecule has 0 atom stereocenters. The van der Waals surface area contributed by atoms with E-state index in [-0.39, 0.29) is 0 Å². The van der Waals surface area contributed by atoms with Crippen LogP contribution in [0.5, 0.6) is 0 Å². The third-order valence-electron chi connectivity index (χ3n) is 3.44. The number of hydrogen-bond acceptors (Lipinski definition) is 5. The van der Waals surface area contributed by atoms with Gasteiger partial charge in [0.05, 0.1) is 12.2 Å². The normalized spacial score (nSPS) is 11.0. The maximum Gasteiger partial charge on any atom is 0.185 e. The largest absolute Gasteiger partial charge is 0.344 e. The first-order valence-corrected chi connectivity index (χ1v) is 8.34. The number of aryl methyl sites for hydroxylation is 2. The van der Waals surface area contributed by atoms with E-state index < -0.39 is 0 Å².